The van der Waals surface area contributed by atoms with Gasteiger partial charge in [-0.2, -0.15) is 0 Å². The third kappa shape index (κ3) is 5.15. The summed E-state index contributed by atoms with van der Waals surface area (Å²) >= 11 is 0. The van der Waals surface area contributed by atoms with Gasteiger partial charge < -0.3 is 4.98 Å². The van der Waals surface area contributed by atoms with Crippen molar-refractivity contribution in [3.8, 4) is 0 Å². The minimum atomic E-state index is -0.296. The van der Waals surface area contributed by atoms with Crippen LogP contribution in [0.2, 0.25) is 0 Å². The molecule has 4 rings (SSSR count). The van der Waals surface area contributed by atoms with Crippen molar-refractivity contribution in [2.24, 2.45) is 4.99 Å². The fourth-order valence-corrected chi connectivity index (χ4v) is 3.41. The number of carbonyl (C=O) groups excluding carboxylic acids is 1. The lowest BCUT2D eigenvalue weighted by molar-refractivity contribution is 0.0977. The van der Waals surface area contributed by atoms with Crippen LogP contribution in [0.15, 0.2) is 65.8 Å². The van der Waals surface area contributed by atoms with E-state index in [2.05, 4.69) is 30.6 Å². The molecule has 0 unspecified atom stereocenters. The van der Waals surface area contributed by atoms with Gasteiger partial charge >= 0.3 is 0 Å². The minimum Gasteiger partial charge on any atom is -0.361 e. The fraction of sp³-hybridized carbons (Fsp3) is 0.167. The van der Waals surface area contributed by atoms with Gasteiger partial charge in [-0.25, -0.2) is 14.4 Å². The maximum Gasteiger partial charge on any atom is 0.257 e. The Kier molecular flexibility index (Phi) is 6.21. The number of anilines is 1. The number of aryl methyl sites for hydroxylation is 2. The van der Waals surface area contributed by atoms with Crippen molar-refractivity contribution in [1.82, 2.24) is 20.3 Å². The average molecular weight is 430 g/mol. The molecule has 0 fully saturated rings. The van der Waals surface area contributed by atoms with Crippen LogP contribution in [0.1, 0.15) is 27.3 Å². The molecule has 7 nitrogen and oxygen atoms in total. The summed E-state index contributed by atoms with van der Waals surface area (Å²) in [6.07, 6.45) is 2.41. The van der Waals surface area contributed by atoms with Crippen LogP contribution < -0.4 is 10.6 Å². The lowest BCUT2D eigenvalue weighted by Crippen LogP contribution is -2.37. The van der Waals surface area contributed by atoms with Gasteiger partial charge in [0.2, 0.25) is 11.9 Å². The quantitative estimate of drug-likeness (QED) is 0.327. The Morgan fingerprint density at radius 2 is 1.81 bits per heavy atom. The topological polar surface area (TPSA) is 95.1 Å². The van der Waals surface area contributed by atoms with Gasteiger partial charge in [0.15, 0.2) is 0 Å². The molecular weight excluding hydrogens is 407 g/mol. The third-order valence-corrected chi connectivity index (χ3v) is 4.86. The zero-order valence-electron chi connectivity index (χ0n) is 17.8. The first-order valence-electron chi connectivity index (χ1n) is 10.2. The lowest BCUT2D eigenvalue weighted by atomic mass is 10.1. The molecule has 0 spiro atoms. The molecule has 0 aliphatic heterocycles. The van der Waals surface area contributed by atoms with E-state index in [1.54, 1.807) is 30.3 Å². The van der Waals surface area contributed by atoms with Gasteiger partial charge in [0.05, 0.1) is 0 Å². The van der Waals surface area contributed by atoms with E-state index < -0.39 is 0 Å². The van der Waals surface area contributed by atoms with Crippen LogP contribution in [0, 0.1) is 19.7 Å². The monoisotopic (exact) mass is 430 g/mol. The van der Waals surface area contributed by atoms with E-state index in [0.29, 0.717) is 24.5 Å². The second-order valence-electron chi connectivity index (χ2n) is 7.40. The van der Waals surface area contributed by atoms with Crippen molar-refractivity contribution in [2.45, 2.75) is 20.3 Å². The van der Waals surface area contributed by atoms with Gasteiger partial charge in [-0.15, -0.1) is 0 Å². The van der Waals surface area contributed by atoms with E-state index in [9.17, 15) is 9.18 Å². The third-order valence-electron chi connectivity index (χ3n) is 4.86. The second-order valence-corrected chi connectivity index (χ2v) is 7.40. The summed E-state index contributed by atoms with van der Waals surface area (Å²) in [6.45, 7) is 4.11. The summed E-state index contributed by atoms with van der Waals surface area (Å²) in [5.41, 5.74) is 3.92. The number of hydrogen-bond donors (Lipinski definition) is 3. The molecule has 1 amide bonds. The lowest BCUT2D eigenvalue weighted by Gasteiger charge is -2.11. The van der Waals surface area contributed by atoms with Crippen molar-refractivity contribution in [2.75, 3.05) is 11.9 Å². The number of aromatic amines is 1. The van der Waals surface area contributed by atoms with E-state index in [1.807, 2.05) is 32.2 Å². The Morgan fingerprint density at radius 3 is 2.56 bits per heavy atom. The molecule has 2 aromatic heterocycles. The second kappa shape index (κ2) is 9.38. The number of aromatic nitrogens is 3. The Morgan fingerprint density at radius 1 is 1.06 bits per heavy atom. The minimum absolute atomic E-state index is 0.245. The van der Waals surface area contributed by atoms with Crippen LogP contribution in [0.25, 0.3) is 10.9 Å². The molecule has 0 saturated carbocycles. The average Bonchev–Trinajstić information content (AvgIpc) is 3.15. The highest BCUT2D eigenvalue weighted by atomic mass is 19.1. The van der Waals surface area contributed by atoms with Gasteiger partial charge in [-0.1, -0.05) is 18.2 Å². The highest BCUT2D eigenvalue weighted by Crippen LogP contribution is 2.19. The molecule has 0 bridgehead atoms. The zero-order chi connectivity index (χ0) is 22.5. The van der Waals surface area contributed by atoms with Gasteiger partial charge in [-0.3, -0.25) is 20.4 Å². The molecule has 3 N–H and O–H groups in total. The van der Waals surface area contributed by atoms with Crippen LogP contribution in [0.5, 0.6) is 0 Å². The molecular formula is C24H23FN6O. The van der Waals surface area contributed by atoms with E-state index in [4.69, 9.17) is 0 Å². The smallest absolute Gasteiger partial charge is 0.257 e. The molecule has 0 radical (unpaired) electrons. The maximum atomic E-state index is 13.6. The molecule has 0 saturated heterocycles. The van der Waals surface area contributed by atoms with E-state index in [0.717, 1.165) is 27.9 Å². The number of amides is 1. The number of rotatable bonds is 5. The zero-order valence-corrected chi connectivity index (χ0v) is 17.8. The van der Waals surface area contributed by atoms with Crippen LogP contribution in [0.4, 0.5) is 10.3 Å². The number of halogens is 1. The maximum absolute atomic E-state index is 13.6. The summed E-state index contributed by atoms with van der Waals surface area (Å²) in [5, 5.41) is 6.64. The van der Waals surface area contributed by atoms with Crippen molar-refractivity contribution in [3.63, 3.8) is 0 Å². The number of carbonyl (C=O) groups is 1. The largest absolute Gasteiger partial charge is 0.361 e. The Balaban J connectivity index is 1.54. The van der Waals surface area contributed by atoms with Gasteiger partial charge in [-0.05, 0) is 62.2 Å². The van der Waals surface area contributed by atoms with Crippen molar-refractivity contribution in [3.05, 3.63) is 89.1 Å². The van der Waals surface area contributed by atoms with Crippen molar-refractivity contribution in [1.29, 1.82) is 0 Å². The molecule has 32 heavy (non-hydrogen) atoms. The van der Waals surface area contributed by atoms with Crippen LogP contribution in [-0.2, 0) is 6.42 Å². The van der Waals surface area contributed by atoms with Gasteiger partial charge in [0.25, 0.3) is 5.91 Å². The first-order chi connectivity index (χ1) is 15.5. The Bertz CT molecular complexity index is 1260. The molecule has 0 atom stereocenters. The summed E-state index contributed by atoms with van der Waals surface area (Å²) in [5.74, 6) is 0.0142. The molecule has 2 heterocycles. The number of guanidine groups is 1. The standard InChI is InChI=1S/C24H23FN6O/c1-15-12-16(2)29-24(28-15)31-23(30-22(32)17-6-4-3-5-7-17)26-11-10-18-14-27-21-9-8-19(25)13-20(18)21/h3-9,12-14,27H,10-11H2,1-2H3,(H2,26,28,29,30,31,32). The SMILES string of the molecule is Cc1cc(C)nc(NC(=NCCc2c[nH]c3ccc(F)cc23)NC(=O)c2ccccc2)n1. The normalized spacial score (nSPS) is 11.5. The Hall–Kier alpha value is -4.07. The van der Waals surface area contributed by atoms with E-state index in [1.165, 1.54) is 12.1 Å². The number of H-pyrrole nitrogens is 1. The summed E-state index contributed by atoms with van der Waals surface area (Å²) in [6, 6.07) is 15.4. The van der Waals surface area contributed by atoms with Crippen molar-refractivity contribution < 1.29 is 9.18 Å². The molecule has 0 aliphatic rings. The highest BCUT2D eigenvalue weighted by Gasteiger charge is 2.11. The molecule has 4 aromatic rings. The molecule has 0 aliphatic carbocycles. The summed E-state index contributed by atoms with van der Waals surface area (Å²) in [4.78, 5) is 29.1. The van der Waals surface area contributed by atoms with Gasteiger partial charge in [0, 0.05) is 40.6 Å². The summed E-state index contributed by atoms with van der Waals surface area (Å²) < 4.78 is 13.6. The number of nitrogens with zero attached hydrogens (tertiary/aromatic N) is 3. The first-order valence-corrected chi connectivity index (χ1v) is 10.2. The van der Waals surface area contributed by atoms with Crippen LogP contribution >= 0.6 is 0 Å². The van der Waals surface area contributed by atoms with Crippen LogP contribution in [0.3, 0.4) is 0 Å². The van der Waals surface area contributed by atoms with E-state index >= 15 is 0 Å². The highest BCUT2D eigenvalue weighted by molar-refractivity contribution is 6.09. The van der Waals surface area contributed by atoms with Gasteiger partial charge in [0.1, 0.15) is 5.82 Å². The number of benzene rings is 2. The molecule has 2 aromatic carbocycles. The molecule has 8 heteroatoms. The number of hydrogen-bond acceptors (Lipinski definition) is 4. The van der Waals surface area contributed by atoms with E-state index in [-0.39, 0.29) is 17.7 Å². The predicted octanol–water partition coefficient (Wildman–Crippen LogP) is 4.15. The fourth-order valence-electron chi connectivity index (χ4n) is 3.41. The first kappa shape index (κ1) is 21.2. The van der Waals surface area contributed by atoms with Crippen LogP contribution in [-0.4, -0.2) is 33.4 Å². The van der Waals surface area contributed by atoms with Crippen molar-refractivity contribution >= 4 is 28.7 Å². The number of fused-ring (bicyclic) bond motifs is 1. The number of aliphatic imine (C=N–C) groups is 1. The summed E-state index contributed by atoms with van der Waals surface area (Å²) in [7, 11) is 0. The Labute approximate surface area is 184 Å². The molecule has 162 valence electrons. The number of nitrogens with one attached hydrogen (secondary N) is 3. The predicted molar refractivity (Wildman–Crippen MR) is 123 cm³/mol.